The Morgan fingerprint density at radius 3 is 2.78 bits per heavy atom. The van der Waals surface area contributed by atoms with Crippen LogP contribution in [0.15, 0.2) is 0 Å². The molecular formula is C15H29NO2. The van der Waals surface area contributed by atoms with Gasteiger partial charge in [0.15, 0.2) is 0 Å². The summed E-state index contributed by atoms with van der Waals surface area (Å²) in [6.45, 7) is 5.60. The summed E-state index contributed by atoms with van der Waals surface area (Å²) in [7, 11) is 0. The van der Waals surface area contributed by atoms with Crippen LogP contribution in [0.2, 0.25) is 0 Å². The first-order chi connectivity index (χ1) is 8.67. The minimum Gasteiger partial charge on any atom is -0.394 e. The Kier molecular flexibility index (Phi) is 5.05. The molecule has 3 heteroatoms. The van der Waals surface area contributed by atoms with Crippen LogP contribution >= 0.6 is 0 Å². The van der Waals surface area contributed by atoms with E-state index in [-0.39, 0.29) is 12.1 Å². The molecule has 2 fully saturated rings. The number of aliphatic hydroxyl groups is 1. The largest absolute Gasteiger partial charge is 0.394 e. The second-order valence-corrected chi connectivity index (χ2v) is 6.36. The maximum absolute atomic E-state index is 9.60. The van der Waals surface area contributed by atoms with Gasteiger partial charge in [-0.05, 0) is 44.6 Å². The lowest BCUT2D eigenvalue weighted by Crippen LogP contribution is -2.46. The van der Waals surface area contributed by atoms with E-state index in [0.717, 1.165) is 31.7 Å². The van der Waals surface area contributed by atoms with Gasteiger partial charge in [0.1, 0.15) is 0 Å². The lowest BCUT2D eigenvalue weighted by atomic mass is 9.88. The topological polar surface area (TPSA) is 41.5 Å². The highest BCUT2D eigenvalue weighted by atomic mass is 16.5. The van der Waals surface area contributed by atoms with Gasteiger partial charge in [0, 0.05) is 5.54 Å². The van der Waals surface area contributed by atoms with Crippen LogP contribution in [0.5, 0.6) is 0 Å². The Balaban J connectivity index is 1.81. The molecule has 3 nitrogen and oxygen atoms in total. The molecule has 106 valence electrons. The summed E-state index contributed by atoms with van der Waals surface area (Å²) in [4.78, 5) is 0. The molecule has 0 amide bonds. The van der Waals surface area contributed by atoms with Crippen LogP contribution in [0.1, 0.15) is 58.8 Å². The standard InChI is InChI=1S/C15H29NO2/c1-3-16-15(11-17)8-7-14(10-15)18-13-6-4-5-12(2)9-13/h12-14,16-17H,3-11H2,1-2H3. The Morgan fingerprint density at radius 2 is 2.11 bits per heavy atom. The van der Waals surface area contributed by atoms with E-state index in [2.05, 4.69) is 19.2 Å². The monoisotopic (exact) mass is 255 g/mol. The maximum Gasteiger partial charge on any atom is 0.0614 e. The first kappa shape index (κ1) is 14.3. The highest BCUT2D eigenvalue weighted by Crippen LogP contribution is 2.35. The van der Waals surface area contributed by atoms with Crippen LogP contribution in [0, 0.1) is 5.92 Å². The van der Waals surface area contributed by atoms with E-state index < -0.39 is 0 Å². The lowest BCUT2D eigenvalue weighted by Gasteiger charge is -2.31. The molecule has 4 unspecified atom stereocenters. The molecule has 2 N–H and O–H groups in total. The van der Waals surface area contributed by atoms with Crippen molar-refractivity contribution in [3.8, 4) is 0 Å². The SMILES string of the molecule is CCNC1(CO)CCC(OC2CCCC(C)C2)C1. The number of rotatable bonds is 5. The second kappa shape index (κ2) is 6.36. The molecule has 2 saturated carbocycles. The van der Waals surface area contributed by atoms with Crippen molar-refractivity contribution >= 4 is 0 Å². The summed E-state index contributed by atoms with van der Waals surface area (Å²) in [5.41, 5.74) is -0.0697. The lowest BCUT2D eigenvalue weighted by molar-refractivity contribution is -0.0395. The third-order valence-electron chi connectivity index (χ3n) is 4.69. The van der Waals surface area contributed by atoms with Crippen LogP contribution in [0.3, 0.4) is 0 Å². The number of aliphatic hydroxyl groups excluding tert-OH is 1. The molecule has 0 saturated heterocycles. The number of nitrogens with one attached hydrogen (secondary N) is 1. The molecule has 0 radical (unpaired) electrons. The molecule has 0 heterocycles. The predicted octanol–water partition coefficient (Wildman–Crippen LogP) is 2.47. The first-order valence-electron chi connectivity index (χ1n) is 7.69. The Morgan fingerprint density at radius 1 is 1.28 bits per heavy atom. The van der Waals surface area contributed by atoms with Crippen LogP contribution < -0.4 is 5.32 Å². The fourth-order valence-corrected chi connectivity index (χ4v) is 3.70. The smallest absolute Gasteiger partial charge is 0.0614 e. The Hall–Kier alpha value is -0.120. The van der Waals surface area contributed by atoms with Gasteiger partial charge in [0.2, 0.25) is 0 Å². The molecule has 2 rings (SSSR count). The minimum absolute atomic E-state index is 0.0697. The molecule has 0 aromatic carbocycles. The third kappa shape index (κ3) is 3.46. The van der Waals surface area contributed by atoms with Gasteiger partial charge < -0.3 is 15.2 Å². The summed E-state index contributed by atoms with van der Waals surface area (Å²) in [6, 6.07) is 0. The zero-order valence-corrected chi connectivity index (χ0v) is 12.0. The van der Waals surface area contributed by atoms with Gasteiger partial charge in [-0.1, -0.05) is 26.7 Å². The van der Waals surface area contributed by atoms with Gasteiger partial charge in [-0.2, -0.15) is 0 Å². The zero-order valence-electron chi connectivity index (χ0n) is 12.0. The van der Waals surface area contributed by atoms with E-state index in [1.807, 2.05) is 0 Å². The maximum atomic E-state index is 9.60. The average molecular weight is 255 g/mol. The highest BCUT2D eigenvalue weighted by Gasteiger charge is 2.39. The molecular weight excluding hydrogens is 226 g/mol. The van der Waals surface area contributed by atoms with E-state index in [4.69, 9.17) is 4.74 Å². The summed E-state index contributed by atoms with van der Waals surface area (Å²) < 4.78 is 6.27. The van der Waals surface area contributed by atoms with E-state index in [9.17, 15) is 5.11 Å². The highest BCUT2D eigenvalue weighted by molar-refractivity contribution is 4.96. The quantitative estimate of drug-likeness (QED) is 0.793. The molecule has 0 aromatic rings. The van der Waals surface area contributed by atoms with Gasteiger partial charge in [-0.15, -0.1) is 0 Å². The van der Waals surface area contributed by atoms with Gasteiger partial charge >= 0.3 is 0 Å². The van der Waals surface area contributed by atoms with Gasteiger partial charge in [-0.25, -0.2) is 0 Å². The zero-order chi connectivity index (χ0) is 13.0. The molecule has 0 spiro atoms. The van der Waals surface area contributed by atoms with Crippen molar-refractivity contribution in [2.75, 3.05) is 13.2 Å². The normalized spacial score (nSPS) is 41.2. The third-order valence-corrected chi connectivity index (χ3v) is 4.69. The van der Waals surface area contributed by atoms with Crippen LogP contribution in [0.4, 0.5) is 0 Å². The Labute approximate surface area is 111 Å². The molecule has 2 aliphatic rings. The first-order valence-corrected chi connectivity index (χ1v) is 7.69. The number of likely N-dealkylation sites (N-methyl/N-ethyl adjacent to an activating group) is 1. The summed E-state index contributed by atoms with van der Waals surface area (Å²) in [5, 5.41) is 13.0. The van der Waals surface area contributed by atoms with Crippen molar-refractivity contribution in [1.29, 1.82) is 0 Å². The van der Waals surface area contributed by atoms with E-state index in [1.54, 1.807) is 0 Å². The van der Waals surface area contributed by atoms with Crippen molar-refractivity contribution in [2.45, 2.75) is 76.5 Å². The second-order valence-electron chi connectivity index (χ2n) is 6.36. The molecule has 0 aromatic heterocycles. The minimum atomic E-state index is -0.0697. The molecule has 18 heavy (non-hydrogen) atoms. The van der Waals surface area contributed by atoms with Crippen molar-refractivity contribution < 1.29 is 9.84 Å². The molecule has 2 aliphatic carbocycles. The fourth-order valence-electron chi connectivity index (χ4n) is 3.70. The van der Waals surface area contributed by atoms with Crippen LogP contribution in [-0.4, -0.2) is 36.0 Å². The van der Waals surface area contributed by atoms with Crippen molar-refractivity contribution in [3.63, 3.8) is 0 Å². The Bertz CT molecular complexity index is 259. The van der Waals surface area contributed by atoms with Crippen molar-refractivity contribution in [2.24, 2.45) is 5.92 Å². The number of ether oxygens (including phenoxy) is 1. The van der Waals surface area contributed by atoms with Crippen LogP contribution in [0.25, 0.3) is 0 Å². The number of hydrogen-bond donors (Lipinski definition) is 2. The average Bonchev–Trinajstić information content (AvgIpc) is 2.74. The molecule has 0 bridgehead atoms. The van der Waals surface area contributed by atoms with Crippen molar-refractivity contribution in [1.82, 2.24) is 5.32 Å². The van der Waals surface area contributed by atoms with E-state index in [1.165, 1.54) is 25.7 Å². The van der Waals surface area contributed by atoms with Gasteiger partial charge in [-0.3, -0.25) is 0 Å². The fraction of sp³-hybridized carbons (Fsp3) is 1.00. The summed E-state index contributed by atoms with van der Waals surface area (Å²) >= 11 is 0. The molecule has 4 atom stereocenters. The van der Waals surface area contributed by atoms with Crippen LogP contribution in [-0.2, 0) is 4.74 Å². The molecule has 0 aliphatic heterocycles. The van der Waals surface area contributed by atoms with Gasteiger partial charge in [0.25, 0.3) is 0 Å². The van der Waals surface area contributed by atoms with Gasteiger partial charge in [0.05, 0.1) is 18.8 Å². The summed E-state index contributed by atoms with van der Waals surface area (Å²) in [6.07, 6.45) is 9.07. The van der Waals surface area contributed by atoms with E-state index >= 15 is 0 Å². The number of hydrogen-bond acceptors (Lipinski definition) is 3. The predicted molar refractivity (Wildman–Crippen MR) is 73.6 cm³/mol. The van der Waals surface area contributed by atoms with Crippen molar-refractivity contribution in [3.05, 3.63) is 0 Å². The van der Waals surface area contributed by atoms with E-state index in [0.29, 0.717) is 12.2 Å². The summed E-state index contributed by atoms with van der Waals surface area (Å²) in [5.74, 6) is 0.821.